The lowest BCUT2D eigenvalue weighted by atomic mass is 10.1. The molecule has 0 radical (unpaired) electrons. The van der Waals surface area contributed by atoms with Gasteiger partial charge in [0.05, 0.1) is 12.4 Å². The summed E-state index contributed by atoms with van der Waals surface area (Å²) in [6, 6.07) is 13.0. The SMILES string of the molecule is CCOc1ccc(NC(=O)COC(=O)CSc2ccc(C)c(C)c2)cc1. The molecule has 0 fully saturated rings. The van der Waals surface area contributed by atoms with Crippen LogP contribution in [-0.2, 0) is 14.3 Å². The number of benzene rings is 2. The number of rotatable bonds is 8. The van der Waals surface area contributed by atoms with Gasteiger partial charge in [-0.1, -0.05) is 6.07 Å². The Bertz CT molecular complexity index is 759. The van der Waals surface area contributed by atoms with Gasteiger partial charge in [-0.25, -0.2) is 0 Å². The Morgan fingerprint density at radius 1 is 1.04 bits per heavy atom. The van der Waals surface area contributed by atoms with Crippen LogP contribution < -0.4 is 10.1 Å². The summed E-state index contributed by atoms with van der Waals surface area (Å²) >= 11 is 1.39. The molecule has 6 heteroatoms. The lowest BCUT2D eigenvalue weighted by molar-refractivity contribution is -0.144. The highest BCUT2D eigenvalue weighted by Crippen LogP contribution is 2.21. The van der Waals surface area contributed by atoms with Crippen molar-refractivity contribution in [2.75, 3.05) is 24.3 Å². The van der Waals surface area contributed by atoms with E-state index < -0.39 is 5.97 Å². The number of ether oxygens (including phenoxy) is 2. The number of hydrogen-bond donors (Lipinski definition) is 1. The number of amides is 1. The second-order valence-corrected chi connectivity index (χ2v) is 6.75. The van der Waals surface area contributed by atoms with Gasteiger partial charge in [-0.15, -0.1) is 11.8 Å². The van der Waals surface area contributed by atoms with Crippen LogP contribution in [0, 0.1) is 13.8 Å². The monoisotopic (exact) mass is 373 g/mol. The average molecular weight is 373 g/mol. The summed E-state index contributed by atoms with van der Waals surface area (Å²) in [6.07, 6.45) is 0. The van der Waals surface area contributed by atoms with E-state index in [-0.39, 0.29) is 18.3 Å². The first-order valence-electron chi connectivity index (χ1n) is 8.36. The van der Waals surface area contributed by atoms with Gasteiger partial charge in [0, 0.05) is 10.6 Å². The Hall–Kier alpha value is -2.47. The molecule has 2 rings (SSSR count). The normalized spacial score (nSPS) is 10.3. The van der Waals surface area contributed by atoms with Crippen molar-refractivity contribution in [2.45, 2.75) is 25.7 Å². The second kappa shape index (κ2) is 9.87. The fourth-order valence-corrected chi connectivity index (χ4v) is 2.92. The highest BCUT2D eigenvalue weighted by Gasteiger charge is 2.09. The molecule has 0 aromatic heterocycles. The first kappa shape index (κ1) is 19.8. The summed E-state index contributed by atoms with van der Waals surface area (Å²) in [5, 5.41) is 2.68. The van der Waals surface area contributed by atoms with E-state index in [2.05, 4.69) is 5.32 Å². The first-order chi connectivity index (χ1) is 12.5. The minimum Gasteiger partial charge on any atom is -0.494 e. The molecule has 0 aliphatic carbocycles. The molecule has 0 atom stereocenters. The molecule has 0 saturated heterocycles. The number of esters is 1. The molecule has 0 bridgehead atoms. The molecule has 1 amide bonds. The van der Waals surface area contributed by atoms with Crippen LogP contribution in [0.2, 0.25) is 0 Å². The number of aryl methyl sites for hydroxylation is 2. The Balaban J connectivity index is 1.72. The highest BCUT2D eigenvalue weighted by molar-refractivity contribution is 8.00. The molecule has 2 aromatic rings. The third kappa shape index (κ3) is 6.44. The number of thioether (sulfide) groups is 1. The fourth-order valence-electron chi connectivity index (χ4n) is 2.13. The van der Waals surface area contributed by atoms with Gasteiger partial charge in [-0.3, -0.25) is 9.59 Å². The standard InChI is InChI=1S/C20H23NO4S/c1-4-24-17-8-6-16(7-9-17)21-19(22)12-25-20(23)13-26-18-10-5-14(2)15(3)11-18/h5-11H,4,12-13H2,1-3H3,(H,21,22). The molecule has 2 aromatic carbocycles. The second-order valence-electron chi connectivity index (χ2n) is 5.70. The van der Waals surface area contributed by atoms with Crippen LogP contribution in [0.3, 0.4) is 0 Å². The van der Waals surface area contributed by atoms with Gasteiger partial charge < -0.3 is 14.8 Å². The predicted octanol–water partition coefficient (Wildman–Crippen LogP) is 3.98. The summed E-state index contributed by atoms with van der Waals surface area (Å²) in [5.74, 6) is 0.104. The molecule has 0 saturated carbocycles. The van der Waals surface area contributed by atoms with Gasteiger partial charge in [-0.2, -0.15) is 0 Å². The Labute approximate surface area is 158 Å². The summed E-state index contributed by atoms with van der Waals surface area (Å²) < 4.78 is 10.4. The van der Waals surface area contributed by atoms with Crippen LogP contribution in [0.1, 0.15) is 18.1 Å². The van der Waals surface area contributed by atoms with Crippen LogP contribution in [0.5, 0.6) is 5.75 Å². The zero-order chi connectivity index (χ0) is 18.9. The van der Waals surface area contributed by atoms with Crippen molar-refractivity contribution in [3.63, 3.8) is 0 Å². The lowest BCUT2D eigenvalue weighted by Gasteiger charge is -2.08. The molecular weight excluding hydrogens is 350 g/mol. The molecular formula is C20H23NO4S. The van der Waals surface area contributed by atoms with E-state index in [1.54, 1.807) is 24.3 Å². The van der Waals surface area contributed by atoms with Crippen molar-refractivity contribution in [3.8, 4) is 5.75 Å². The Kier molecular flexibility index (Phi) is 7.53. The van der Waals surface area contributed by atoms with Gasteiger partial charge in [0.15, 0.2) is 6.61 Å². The summed E-state index contributed by atoms with van der Waals surface area (Å²) in [6.45, 7) is 6.26. The molecule has 1 N–H and O–H groups in total. The van der Waals surface area contributed by atoms with Crippen molar-refractivity contribution in [1.82, 2.24) is 0 Å². The summed E-state index contributed by atoms with van der Waals surface area (Å²) in [4.78, 5) is 24.7. The van der Waals surface area contributed by atoms with Crippen LogP contribution >= 0.6 is 11.8 Å². The van der Waals surface area contributed by atoms with Crippen LogP contribution in [0.4, 0.5) is 5.69 Å². The van der Waals surface area contributed by atoms with Crippen molar-refractivity contribution < 1.29 is 19.1 Å². The van der Waals surface area contributed by atoms with Gasteiger partial charge in [0.25, 0.3) is 5.91 Å². The third-order valence-electron chi connectivity index (χ3n) is 3.65. The van der Waals surface area contributed by atoms with Crippen molar-refractivity contribution in [3.05, 3.63) is 53.6 Å². The molecule has 5 nitrogen and oxygen atoms in total. The predicted molar refractivity (Wildman–Crippen MR) is 104 cm³/mol. The first-order valence-corrected chi connectivity index (χ1v) is 9.35. The molecule has 0 aliphatic rings. The van der Waals surface area contributed by atoms with E-state index in [0.717, 1.165) is 10.6 Å². The summed E-state index contributed by atoms with van der Waals surface area (Å²) in [7, 11) is 0. The minimum atomic E-state index is -0.421. The summed E-state index contributed by atoms with van der Waals surface area (Å²) in [5.41, 5.74) is 3.01. The Morgan fingerprint density at radius 2 is 1.77 bits per heavy atom. The van der Waals surface area contributed by atoms with Crippen molar-refractivity contribution >= 4 is 29.3 Å². The topological polar surface area (TPSA) is 64.6 Å². The molecule has 0 heterocycles. The Morgan fingerprint density at radius 3 is 2.42 bits per heavy atom. The van der Waals surface area contributed by atoms with Crippen LogP contribution in [-0.4, -0.2) is 30.8 Å². The maximum absolute atomic E-state index is 11.9. The van der Waals surface area contributed by atoms with Gasteiger partial charge in [0.1, 0.15) is 5.75 Å². The van der Waals surface area contributed by atoms with E-state index in [4.69, 9.17) is 9.47 Å². The largest absolute Gasteiger partial charge is 0.494 e. The lowest BCUT2D eigenvalue weighted by Crippen LogP contribution is -2.21. The van der Waals surface area contributed by atoms with E-state index in [1.165, 1.54) is 22.9 Å². The molecule has 0 spiro atoms. The van der Waals surface area contributed by atoms with Crippen LogP contribution in [0.15, 0.2) is 47.4 Å². The minimum absolute atomic E-state index is 0.166. The van der Waals surface area contributed by atoms with E-state index in [1.807, 2.05) is 39.0 Å². The number of carbonyl (C=O) groups excluding carboxylic acids is 2. The number of carbonyl (C=O) groups is 2. The fraction of sp³-hybridized carbons (Fsp3) is 0.300. The maximum atomic E-state index is 11.9. The molecule has 26 heavy (non-hydrogen) atoms. The maximum Gasteiger partial charge on any atom is 0.316 e. The van der Waals surface area contributed by atoms with Gasteiger partial charge in [0.2, 0.25) is 0 Å². The van der Waals surface area contributed by atoms with Gasteiger partial charge in [-0.05, 0) is 68.3 Å². The molecule has 0 aliphatic heterocycles. The zero-order valence-corrected chi connectivity index (χ0v) is 16.0. The number of anilines is 1. The number of nitrogens with one attached hydrogen (secondary N) is 1. The van der Waals surface area contributed by atoms with E-state index in [0.29, 0.717) is 12.3 Å². The molecule has 138 valence electrons. The van der Waals surface area contributed by atoms with Crippen LogP contribution in [0.25, 0.3) is 0 Å². The smallest absolute Gasteiger partial charge is 0.316 e. The zero-order valence-electron chi connectivity index (χ0n) is 15.2. The molecule has 0 unspecified atom stereocenters. The van der Waals surface area contributed by atoms with E-state index >= 15 is 0 Å². The van der Waals surface area contributed by atoms with Crippen molar-refractivity contribution in [2.24, 2.45) is 0 Å². The highest BCUT2D eigenvalue weighted by atomic mass is 32.2. The average Bonchev–Trinajstić information content (AvgIpc) is 2.63. The van der Waals surface area contributed by atoms with Gasteiger partial charge >= 0.3 is 5.97 Å². The van der Waals surface area contributed by atoms with Crippen molar-refractivity contribution in [1.29, 1.82) is 0 Å². The quantitative estimate of drug-likeness (QED) is 0.560. The third-order valence-corrected chi connectivity index (χ3v) is 4.62. The van der Waals surface area contributed by atoms with E-state index in [9.17, 15) is 9.59 Å². The number of hydrogen-bond acceptors (Lipinski definition) is 5.